The minimum Gasteiger partial charge on any atom is -0.320 e. The first-order valence-corrected chi connectivity index (χ1v) is 5.56. The Kier molecular flexibility index (Phi) is 3.38. The van der Waals surface area contributed by atoms with Crippen LogP contribution in [0.5, 0.6) is 0 Å². The van der Waals surface area contributed by atoms with Gasteiger partial charge in [0.25, 0.3) is 11.7 Å². The SMILES string of the molecule is CNCCCN1C(=O)C(=O)c2cc(F)c(F)cc21. The van der Waals surface area contributed by atoms with Gasteiger partial charge < -0.3 is 10.2 Å². The number of fused-ring (bicyclic) bond motifs is 1. The van der Waals surface area contributed by atoms with Gasteiger partial charge in [-0.25, -0.2) is 8.78 Å². The average Bonchev–Trinajstić information content (AvgIpc) is 2.56. The van der Waals surface area contributed by atoms with Crippen LogP contribution in [0, 0.1) is 11.6 Å². The number of carbonyl (C=O) groups is 2. The third kappa shape index (κ3) is 1.99. The molecular weight excluding hydrogens is 242 g/mol. The van der Waals surface area contributed by atoms with Gasteiger partial charge in [0.2, 0.25) is 0 Å². The molecule has 0 aliphatic carbocycles. The van der Waals surface area contributed by atoms with Crippen LogP contribution in [0.1, 0.15) is 16.8 Å². The summed E-state index contributed by atoms with van der Waals surface area (Å²) >= 11 is 0. The van der Waals surface area contributed by atoms with Gasteiger partial charge in [0, 0.05) is 12.6 Å². The smallest absolute Gasteiger partial charge is 0.299 e. The normalized spacial score (nSPS) is 14.3. The van der Waals surface area contributed by atoms with E-state index in [9.17, 15) is 18.4 Å². The molecule has 0 atom stereocenters. The molecule has 0 saturated heterocycles. The van der Waals surface area contributed by atoms with Gasteiger partial charge in [-0.2, -0.15) is 0 Å². The molecule has 2 rings (SSSR count). The maximum absolute atomic E-state index is 13.2. The maximum Gasteiger partial charge on any atom is 0.299 e. The van der Waals surface area contributed by atoms with Crippen LogP contribution in [0.2, 0.25) is 0 Å². The standard InChI is InChI=1S/C12H12F2N2O2/c1-15-3-2-4-16-10-6-9(14)8(13)5-7(10)11(17)12(16)18/h5-6,15H,2-4H2,1H3. The summed E-state index contributed by atoms with van der Waals surface area (Å²) in [5.41, 5.74) is 0.0864. The average molecular weight is 254 g/mol. The van der Waals surface area contributed by atoms with Crippen molar-refractivity contribution >= 4 is 17.4 Å². The van der Waals surface area contributed by atoms with E-state index in [1.54, 1.807) is 7.05 Å². The molecule has 96 valence electrons. The molecular formula is C12H12F2N2O2. The first-order valence-electron chi connectivity index (χ1n) is 5.56. The highest BCUT2D eigenvalue weighted by Gasteiger charge is 2.36. The molecule has 0 radical (unpaired) electrons. The van der Waals surface area contributed by atoms with Gasteiger partial charge in [0.1, 0.15) is 0 Å². The molecule has 1 N–H and O–H groups in total. The van der Waals surface area contributed by atoms with Crippen molar-refractivity contribution in [2.75, 3.05) is 25.0 Å². The van der Waals surface area contributed by atoms with Crippen molar-refractivity contribution in [3.05, 3.63) is 29.3 Å². The number of hydrogen-bond donors (Lipinski definition) is 1. The molecule has 1 amide bonds. The van der Waals surface area contributed by atoms with Crippen molar-refractivity contribution in [2.24, 2.45) is 0 Å². The van der Waals surface area contributed by atoms with Crippen molar-refractivity contribution in [2.45, 2.75) is 6.42 Å². The highest BCUT2D eigenvalue weighted by Crippen LogP contribution is 2.30. The molecule has 4 nitrogen and oxygen atoms in total. The molecule has 0 unspecified atom stereocenters. The van der Waals surface area contributed by atoms with Crippen molar-refractivity contribution in [1.82, 2.24) is 5.32 Å². The van der Waals surface area contributed by atoms with Crippen molar-refractivity contribution in [3.8, 4) is 0 Å². The fourth-order valence-electron chi connectivity index (χ4n) is 1.92. The van der Waals surface area contributed by atoms with Crippen LogP contribution in [-0.4, -0.2) is 31.8 Å². The monoisotopic (exact) mass is 254 g/mol. The molecule has 0 bridgehead atoms. The van der Waals surface area contributed by atoms with Gasteiger partial charge in [-0.05, 0) is 26.1 Å². The quantitative estimate of drug-likeness (QED) is 0.646. The van der Waals surface area contributed by atoms with E-state index in [2.05, 4.69) is 5.32 Å². The molecule has 0 saturated carbocycles. The minimum absolute atomic E-state index is 0.0663. The number of hydrogen-bond acceptors (Lipinski definition) is 3. The number of Topliss-reactive ketones (excluding diaryl/α,β-unsaturated/α-hetero) is 1. The van der Waals surface area contributed by atoms with Crippen molar-refractivity contribution < 1.29 is 18.4 Å². The molecule has 0 fully saturated rings. The van der Waals surface area contributed by atoms with Gasteiger partial charge in [0.05, 0.1) is 11.3 Å². The summed E-state index contributed by atoms with van der Waals surface area (Å²) < 4.78 is 26.2. The zero-order valence-corrected chi connectivity index (χ0v) is 9.80. The van der Waals surface area contributed by atoms with Gasteiger partial charge in [0.15, 0.2) is 11.6 Å². The lowest BCUT2D eigenvalue weighted by atomic mass is 10.1. The second-order valence-electron chi connectivity index (χ2n) is 4.03. The van der Waals surface area contributed by atoms with E-state index >= 15 is 0 Å². The predicted octanol–water partition coefficient (Wildman–Crippen LogP) is 1.10. The molecule has 6 heteroatoms. The van der Waals surface area contributed by atoms with Crippen LogP contribution < -0.4 is 10.2 Å². The summed E-state index contributed by atoms with van der Waals surface area (Å²) in [6, 6.07) is 1.68. The van der Waals surface area contributed by atoms with E-state index < -0.39 is 23.3 Å². The number of rotatable bonds is 4. The van der Waals surface area contributed by atoms with E-state index in [0.29, 0.717) is 19.5 Å². The van der Waals surface area contributed by atoms with Crippen LogP contribution in [0.3, 0.4) is 0 Å². The van der Waals surface area contributed by atoms with Gasteiger partial charge in [-0.15, -0.1) is 0 Å². The molecule has 1 aromatic rings. The number of nitrogens with one attached hydrogen (secondary N) is 1. The number of amides is 1. The topological polar surface area (TPSA) is 49.4 Å². The number of benzene rings is 1. The second kappa shape index (κ2) is 4.81. The summed E-state index contributed by atoms with van der Waals surface area (Å²) in [6.07, 6.45) is 0.619. The second-order valence-corrected chi connectivity index (χ2v) is 4.03. The fourth-order valence-corrected chi connectivity index (χ4v) is 1.92. The lowest BCUT2D eigenvalue weighted by molar-refractivity contribution is -0.114. The largest absolute Gasteiger partial charge is 0.320 e. The van der Waals surface area contributed by atoms with Gasteiger partial charge in [-0.3, -0.25) is 9.59 Å². The Hall–Kier alpha value is -1.82. The molecule has 18 heavy (non-hydrogen) atoms. The number of carbonyl (C=O) groups excluding carboxylic acids is 2. The van der Waals surface area contributed by atoms with E-state index in [4.69, 9.17) is 0 Å². The van der Waals surface area contributed by atoms with E-state index in [0.717, 1.165) is 12.1 Å². The molecule has 1 heterocycles. The number of halogens is 2. The fraction of sp³-hybridized carbons (Fsp3) is 0.333. The van der Waals surface area contributed by atoms with Crippen LogP contribution in [0.25, 0.3) is 0 Å². The van der Waals surface area contributed by atoms with Crippen LogP contribution >= 0.6 is 0 Å². The predicted molar refractivity (Wildman–Crippen MR) is 61.6 cm³/mol. The van der Waals surface area contributed by atoms with Gasteiger partial charge in [-0.1, -0.05) is 0 Å². The minimum atomic E-state index is -1.12. The Balaban J connectivity index is 2.33. The Bertz CT molecular complexity index is 517. The summed E-state index contributed by atoms with van der Waals surface area (Å²) in [7, 11) is 1.76. The summed E-state index contributed by atoms with van der Waals surface area (Å²) in [5, 5.41) is 2.91. The van der Waals surface area contributed by atoms with E-state index in [-0.39, 0.29) is 11.3 Å². The molecule has 1 aliphatic heterocycles. The highest BCUT2D eigenvalue weighted by molar-refractivity contribution is 6.52. The Morgan fingerprint density at radius 3 is 2.56 bits per heavy atom. The first kappa shape index (κ1) is 12.6. The molecule has 0 spiro atoms. The third-order valence-corrected chi connectivity index (χ3v) is 2.82. The summed E-state index contributed by atoms with van der Waals surface area (Å²) in [6.45, 7) is 0.959. The number of ketones is 1. The summed E-state index contributed by atoms with van der Waals surface area (Å²) in [5.74, 6) is -3.69. The third-order valence-electron chi connectivity index (χ3n) is 2.82. The van der Waals surface area contributed by atoms with E-state index in [1.807, 2.05) is 0 Å². The zero-order chi connectivity index (χ0) is 13.3. The number of anilines is 1. The molecule has 1 aliphatic rings. The Morgan fingerprint density at radius 1 is 1.22 bits per heavy atom. The maximum atomic E-state index is 13.2. The lowest BCUT2D eigenvalue weighted by Gasteiger charge is -2.16. The van der Waals surface area contributed by atoms with Gasteiger partial charge >= 0.3 is 0 Å². The summed E-state index contributed by atoms with van der Waals surface area (Å²) in [4.78, 5) is 24.5. The molecule has 1 aromatic carbocycles. The van der Waals surface area contributed by atoms with E-state index in [1.165, 1.54) is 4.90 Å². The zero-order valence-electron chi connectivity index (χ0n) is 9.80. The van der Waals surface area contributed by atoms with Crippen LogP contribution in [0.4, 0.5) is 14.5 Å². The number of nitrogens with zero attached hydrogens (tertiary/aromatic N) is 1. The Morgan fingerprint density at radius 2 is 1.89 bits per heavy atom. The van der Waals surface area contributed by atoms with Crippen LogP contribution in [0.15, 0.2) is 12.1 Å². The van der Waals surface area contributed by atoms with Crippen molar-refractivity contribution in [3.63, 3.8) is 0 Å². The van der Waals surface area contributed by atoms with Crippen LogP contribution in [-0.2, 0) is 4.79 Å². The highest BCUT2D eigenvalue weighted by atomic mass is 19.2. The lowest BCUT2D eigenvalue weighted by Crippen LogP contribution is -2.32. The van der Waals surface area contributed by atoms with Crippen molar-refractivity contribution in [1.29, 1.82) is 0 Å². The first-order chi connectivity index (χ1) is 8.56. The Labute approximate surface area is 103 Å². The molecule has 0 aromatic heterocycles.